The van der Waals surface area contributed by atoms with Crippen LogP contribution in [0.1, 0.15) is 11.4 Å². The van der Waals surface area contributed by atoms with Crippen molar-refractivity contribution in [3.63, 3.8) is 0 Å². The van der Waals surface area contributed by atoms with Crippen LogP contribution in [-0.2, 0) is 17.2 Å². The van der Waals surface area contributed by atoms with E-state index in [-0.39, 0.29) is 5.88 Å². The molecule has 0 amide bonds. The largest absolute Gasteiger partial charge is 0.380 e. The van der Waals surface area contributed by atoms with Gasteiger partial charge in [-0.25, -0.2) is 9.97 Å². The molecule has 4 nitrogen and oxygen atoms in total. The predicted molar refractivity (Wildman–Crippen MR) is 84.1 cm³/mol. The first-order chi connectivity index (χ1) is 10.2. The van der Waals surface area contributed by atoms with Crippen molar-refractivity contribution in [3.05, 3.63) is 52.9 Å². The predicted octanol–water partition coefficient (Wildman–Crippen LogP) is 3.96. The van der Waals surface area contributed by atoms with E-state index >= 15 is 0 Å². The first kappa shape index (κ1) is 14.3. The molecule has 108 valence electrons. The van der Waals surface area contributed by atoms with Gasteiger partial charge in [0.15, 0.2) is 5.65 Å². The maximum atomic E-state index is 6.05. The van der Waals surface area contributed by atoms with Gasteiger partial charge in [-0.3, -0.25) is 4.57 Å². The fourth-order valence-corrected chi connectivity index (χ4v) is 2.67. The van der Waals surface area contributed by atoms with E-state index < -0.39 is 0 Å². The highest BCUT2D eigenvalue weighted by atomic mass is 35.5. The van der Waals surface area contributed by atoms with Crippen LogP contribution < -0.4 is 0 Å². The summed E-state index contributed by atoms with van der Waals surface area (Å²) in [6.07, 6.45) is 1.61. The van der Waals surface area contributed by atoms with E-state index in [1.165, 1.54) is 0 Å². The Kier molecular flexibility index (Phi) is 4.10. The van der Waals surface area contributed by atoms with Gasteiger partial charge in [-0.05, 0) is 12.1 Å². The molecule has 0 saturated heterocycles. The van der Waals surface area contributed by atoms with Crippen molar-refractivity contribution >= 4 is 34.4 Å². The van der Waals surface area contributed by atoms with Crippen LogP contribution in [0.2, 0.25) is 5.02 Å². The molecular formula is C15H13Cl2N3O. The molecule has 0 N–H and O–H groups in total. The van der Waals surface area contributed by atoms with Gasteiger partial charge in [0.05, 0.1) is 23.2 Å². The van der Waals surface area contributed by atoms with E-state index in [9.17, 15) is 0 Å². The number of methoxy groups -OCH3 is 1. The Morgan fingerprint density at radius 1 is 1.29 bits per heavy atom. The van der Waals surface area contributed by atoms with Crippen LogP contribution >= 0.6 is 23.2 Å². The molecule has 0 atom stereocenters. The summed E-state index contributed by atoms with van der Waals surface area (Å²) in [5, 5.41) is 0.554. The number of alkyl halides is 1. The van der Waals surface area contributed by atoms with E-state index in [1.54, 1.807) is 19.4 Å². The summed E-state index contributed by atoms with van der Waals surface area (Å²) in [5.74, 6) is 1.01. The molecule has 0 aliphatic carbocycles. The summed E-state index contributed by atoms with van der Waals surface area (Å²) in [7, 11) is 1.67. The SMILES string of the molecule is COCc1ccccc1-n1c(CCl)nc2cc(Cl)cnc21. The fraction of sp³-hybridized carbons (Fsp3) is 0.200. The summed E-state index contributed by atoms with van der Waals surface area (Å²) in [6.45, 7) is 0.505. The monoisotopic (exact) mass is 321 g/mol. The van der Waals surface area contributed by atoms with Crippen LogP contribution in [0, 0.1) is 0 Å². The average molecular weight is 322 g/mol. The smallest absolute Gasteiger partial charge is 0.164 e. The van der Waals surface area contributed by atoms with Gasteiger partial charge >= 0.3 is 0 Å². The number of nitrogens with zero attached hydrogens (tertiary/aromatic N) is 3. The van der Waals surface area contributed by atoms with Crippen molar-refractivity contribution in [3.8, 4) is 5.69 Å². The number of rotatable bonds is 4. The molecule has 6 heteroatoms. The van der Waals surface area contributed by atoms with Crippen molar-refractivity contribution in [1.29, 1.82) is 0 Å². The van der Waals surface area contributed by atoms with E-state index in [4.69, 9.17) is 27.9 Å². The number of benzene rings is 1. The first-order valence-electron chi connectivity index (χ1n) is 6.40. The summed E-state index contributed by atoms with van der Waals surface area (Å²) >= 11 is 12.0. The summed E-state index contributed by atoms with van der Waals surface area (Å²) in [6, 6.07) is 9.74. The number of fused-ring (bicyclic) bond motifs is 1. The summed E-state index contributed by atoms with van der Waals surface area (Å²) in [5.41, 5.74) is 3.47. The minimum Gasteiger partial charge on any atom is -0.380 e. The zero-order valence-electron chi connectivity index (χ0n) is 11.4. The van der Waals surface area contributed by atoms with Gasteiger partial charge in [-0.1, -0.05) is 29.8 Å². The molecule has 0 aliphatic heterocycles. The zero-order chi connectivity index (χ0) is 14.8. The highest BCUT2D eigenvalue weighted by molar-refractivity contribution is 6.31. The second kappa shape index (κ2) is 6.02. The second-order valence-corrected chi connectivity index (χ2v) is 5.26. The lowest BCUT2D eigenvalue weighted by molar-refractivity contribution is 0.185. The Morgan fingerprint density at radius 2 is 2.10 bits per heavy atom. The van der Waals surface area contributed by atoms with E-state index in [1.807, 2.05) is 28.8 Å². The van der Waals surface area contributed by atoms with Crippen LogP contribution in [0.4, 0.5) is 0 Å². The third-order valence-corrected chi connectivity index (χ3v) is 3.63. The quantitative estimate of drug-likeness (QED) is 0.683. The number of ether oxygens (including phenoxy) is 1. The summed E-state index contributed by atoms with van der Waals surface area (Å²) in [4.78, 5) is 8.91. The van der Waals surface area contributed by atoms with Gasteiger partial charge in [0.25, 0.3) is 0 Å². The maximum Gasteiger partial charge on any atom is 0.164 e. The maximum absolute atomic E-state index is 6.05. The molecule has 21 heavy (non-hydrogen) atoms. The lowest BCUT2D eigenvalue weighted by Crippen LogP contribution is -2.04. The minimum atomic E-state index is 0.287. The molecule has 0 spiro atoms. The third-order valence-electron chi connectivity index (χ3n) is 3.19. The van der Waals surface area contributed by atoms with Gasteiger partial charge in [-0.15, -0.1) is 11.6 Å². The third kappa shape index (κ3) is 2.62. The van der Waals surface area contributed by atoms with Crippen molar-refractivity contribution in [2.24, 2.45) is 0 Å². The topological polar surface area (TPSA) is 39.9 Å². The van der Waals surface area contributed by atoms with Gasteiger partial charge < -0.3 is 4.74 Å². The number of aromatic nitrogens is 3. The van der Waals surface area contributed by atoms with Crippen molar-refractivity contribution in [1.82, 2.24) is 14.5 Å². The molecular weight excluding hydrogens is 309 g/mol. The van der Waals surface area contributed by atoms with Gasteiger partial charge in [0.2, 0.25) is 0 Å². The highest BCUT2D eigenvalue weighted by Crippen LogP contribution is 2.25. The van der Waals surface area contributed by atoms with Crippen LogP contribution in [0.25, 0.3) is 16.9 Å². The Hall–Kier alpha value is -1.62. The molecule has 0 fully saturated rings. The lowest BCUT2D eigenvalue weighted by Gasteiger charge is -2.12. The van der Waals surface area contributed by atoms with E-state index in [2.05, 4.69) is 9.97 Å². The Morgan fingerprint density at radius 3 is 2.86 bits per heavy atom. The van der Waals surface area contributed by atoms with Gasteiger partial charge in [-0.2, -0.15) is 0 Å². The molecule has 0 bridgehead atoms. The number of halogens is 2. The minimum absolute atomic E-state index is 0.287. The van der Waals surface area contributed by atoms with Crippen LogP contribution in [0.15, 0.2) is 36.5 Å². The summed E-state index contributed by atoms with van der Waals surface area (Å²) < 4.78 is 7.21. The molecule has 0 unspecified atom stereocenters. The Bertz CT molecular complexity index is 786. The second-order valence-electron chi connectivity index (χ2n) is 4.56. The van der Waals surface area contributed by atoms with Crippen LogP contribution in [0.3, 0.4) is 0 Å². The molecule has 3 rings (SSSR count). The normalized spacial score (nSPS) is 11.2. The lowest BCUT2D eigenvalue weighted by atomic mass is 10.2. The average Bonchev–Trinajstić information content (AvgIpc) is 2.85. The fourth-order valence-electron chi connectivity index (χ4n) is 2.34. The molecule has 0 aliphatic rings. The molecule has 2 heterocycles. The van der Waals surface area contributed by atoms with E-state index in [0.717, 1.165) is 28.2 Å². The van der Waals surface area contributed by atoms with Crippen molar-refractivity contribution in [2.45, 2.75) is 12.5 Å². The van der Waals surface area contributed by atoms with E-state index in [0.29, 0.717) is 11.6 Å². The molecule has 2 aromatic heterocycles. The molecule has 3 aromatic rings. The standard InChI is InChI=1S/C15H13Cl2N3O/c1-21-9-10-4-2-3-5-13(10)20-14(7-16)19-12-6-11(17)8-18-15(12)20/h2-6,8H,7,9H2,1H3. The number of para-hydroxylation sites is 1. The van der Waals surface area contributed by atoms with Crippen LogP contribution in [0.5, 0.6) is 0 Å². The highest BCUT2D eigenvalue weighted by Gasteiger charge is 2.15. The number of pyridine rings is 1. The molecule has 0 radical (unpaired) electrons. The number of imidazole rings is 1. The first-order valence-corrected chi connectivity index (χ1v) is 7.32. The van der Waals surface area contributed by atoms with Gasteiger partial charge in [0.1, 0.15) is 11.3 Å². The Labute approximate surface area is 132 Å². The Balaban J connectivity index is 2.29. The van der Waals surface area contributed by atoms with Crippen molar-refractivity contribution < 1.29 is 4.74 Å². The number of hydrogen-bond acceptors (Lipinski definition) is 3. The zero-order valence-corrected chi connectivity index (χ0v) is 12.9. The van der Waals surface area contributed by atoms with Gasteiger partial charge in [0, 0.05) is 18.9 Å². The molecule has 1 aromatic carbocycles. The van der Waals surface area contributed by atoms with Crippen LogP contribution in [-0.4, -0.2) is 21.6 Å². The van der Waals surface area contributed by atoms with Crippen molar-refractivity contribution in [2.75, 3.05) is 7.11 Å². The molecule has 0 saturated carbocycles. The number of hydrogen-bond donors (Lipinski definition) is 0.